The predicted octanol–water partition coefficient (Wildman–Crippen LogP) is 3.45. The first-order valence-corrected chi connectivity index (χ1v) is 13.0. The van der Waals surface area contributed by atoms with Gasteiger partial charge in [0.15, 0.2) is 6.29 Å². The van der Waals surface area contributed by atoms with Gasteiger partial charge in [-0.15, -0.1) is 0 Å². The molecule has 0 bridgehead atoms. The molecule has 4 atom stereocenters. The van der Waals surface area contributed by atoms with Gasteiger partial charge in [0.05, 0.1) is 12.5 Å². The zero-order valence-corrected chi connectivity index (χ0v) is 21.3. The fourth-order valence-electron chi connectivity index (χ4n) is 5.66. The molecule has 37 heavy (non-hydrogen) atoms. The normalized spacial score (nSPS) is 25.4. The van der Waals surface area contributed by atoms with Gasteiger partial charge in [0.2, 0.25) is 11.8 Å². The van der Waals surface area contributed by atoms with Crippen LogP contribution in [0, 0.1) is 23.6 Å². The maximum absolute atomic E-state index is 14.4. The Labute approximate surface area is 216 Å². The topological polar surface area (TPSA) is 85.0 Å². The van der Waals surface area contributed by atoms with Crippen LogP contribution in [-0.2, 0) is 22.7 Å². The number of fused-ring (bicyclic) bond motifs is 3. The highest BCUT2D eigenvalue weighted by atomic mass is 19.1. The van der Waals surface area contributed by atoms with Crippen LogP contribution in [0.15, 0.2) is 54.6 Å². The lowest BCUT2D eigenvalue weighted by atomic mass is 9.75. The second kappa shape index (κ2) is 10.5. The number of urea groups is 1. The molecule has 2 aromatic carbocycles. The number of nitrogens with zero attached hydrogens (tertiary/aromatic N) is 3. The first-order chi connectivity index (χ1) is 17.8. The summed E-state index contributed by atoms with van der Waals surface area (Å²) in [6, 6.07) is 15.3. The minimum absolute atomic E-state index is 0.0225. The maximum atomic E-state index is 14.4. The zero-order valence-electron chi connectivity index (χ0n) is 21.3. The Morgan fingerprint density at radius 3 is 2.51 bits per heavy atom. The largest absolute Gasteiger partial charge is 0.356 e. The van der Waals surface area contributed by atoms with Gasteiger partial charge in [-0.3, -0.25) is 19.5 Å². The summed E-state index contributed by atoms with van der Waals surface area (Å²) in [6.07, 6.45) is 0.871. The van der Waals surface area contributed by atoms with Crippen LogP contribution in [0.1, 0.15) is 44.2 Å². The van der Waals surface area contributed by atoms with Crippen molar-refractivity contribution in [3.05, 3.63) is 71.5 Å². The standard InChI is InChI=1S/C28H34FN5O3/c1-18(2)15-30-25(35)20-12-13-22-24(14-20)34-27(32(26(22)36)16-19-8-4-3-5-9-19)31-33(28(34)37)17-21-10-6-7-11-23(21)29/h3-11,18,20,22,24,27,31H,12-17H2,1-2H3,(H,30,35). The Balaban J connectivity index is 1.42. The number of hydrogen-bond donors (Lipinski definition) is 2. The van der Waals surface area contributed by atoms with Gasteiger partial charge >= 0.3 is 6.03 Å². The van der Waals surface area contributed by atoms with E-state index >= 15 is 0 Å². The summed E-state index contributed by atoms with van der Waals surface area (Å²) in [5, 5.41) is 4.40. The highest BCUT2D eigenvalue weighted by molar-refractivity contribution is 5.87. The number of benzene rings is 2. The van der Waals surface area contributed by atoms with Crippen molar-refractivity contribution in [1.82, 2.24) is 25.6 Å². The second-order valence-electron chi connectivity index (χ2n) is 10.6. The van der Waals surface area contributed by atoms with Crippen LogP contribution in [0.3, 0.4) is 0 Å². The van der Waals surface area contributed by atoms with Crippen molar-refractivity contribution >= 4 is 17.8 Å². The van der Waals surface area contributed by atoms with E-state index in [-0.39, 0.29) is 36.2 Å². The van der Waals surface area contributed by atoms with Crippen molar-refractivity contribution in [2.75, 3.05) is 6.54 Å². The molecule has 9 heteroatoms. The molecule has 2 heterocycles. The van der Waals surface area contributed by atoms with Gasteiger partial charge in [0.1, 0.15) is 5.82 Å². The molecule has 3 aliphatic rings. The summed E-state index contributed by atoms with van der Waals surface area (Å²) in [7, 11) is 0. The third-order valence-corrected chi connectivity index (χ3v) is 7.59. The van der Waals surface area contributed by atoms with Gasteiger partial charge in [-0.25, -0.2) is 9.18 Å². The van der Waals surface area contributed by atoms with Crippen LogP contribution in [0.2, 0.25) is 0 Å². The van der Waals surface area contributed by atoms with Crippen LogP contribution >= 0.6 is 0 Å². The van der Waals surface area contributed by atoms with Gasteiger partial charge in [-0.1, -0.05) is 62.4 Å². The molecule has 3 fully saturated rings. The number of hydrogen-bond acceptors (Lipinski definition) is 4. The van der Waals surface area contributed by atoms with E-state index in [1.807, 2.05) is 44.2 Å². The highest BCUT2D eigenvalue weighted by Crippen LogP contribution is 2.41. The summed E-state index contributed by atoms with van der Waals surface area (Å²) >= 11 is 0. The number of amides is 4. The summed E-state index contributed by atoms with van der Waals surface area (Å²) < 4.78 is 14.4. The van der Waals surface area contributed by atoms with E-state index in [0.717, 1.165) is 5.56 Å². The van der Waals surface area contributed by atoms with Crippen LogP contribution in [-0.4, -0.2) is 51.5 Å². The molecule has 1 saturated carbocycles. The Hall–Kier alpha value is -3.46. The SMILES string of the molecule is CC(C)CNC(=O)C1CCC2C(=O)N(Cc3ccccc3)C3NN(Cc4ccccc4F)C(=O)N3C2C1. The molecule has 2 aromatic rings. The lowest BCUT2D eigenvalue weighted by Gasteiger charge is -2.49. The Kier molecular flexibility index (Phi) is 7.15. The second-order valence-corrected chi connectivity index (χ2v) is 10.6. The van der Waals surface area contributed by atoms with Gasteiger partial charge in [-0.2, -0.15) is 5.43 Å². The van der Waals surface area contributed by atoms with Crippen LogP contribution in [0.4, 0.5) is 9.18 Å². The lowest BCUT2D eigenvalue weighted by Crippen LogP contribution is -2.66. The molecule has 2 aliphatic heterocycles. The highest BCUT2D eigenvalue weighted by Gasteiger charge is 2.56. The van der Waals surface area contributed by atoms with E-state index in [1.54, 1.807) is 28.0 Å². The van der Waals surface area contributed by atoms with Crippen LogP contribution in [0.5, 0.6) is 0 Å². The average molecular weight is 508 g/mol. The van der Waals surface area contributed by atoms with Crippen molar-refractivity contribution in [2.24, 2.45) is 17.8 Å². The summed E-state index contributed by atoms with van der Waals surface area (Å²) in [5.74, 6) is -0.744. The molecule has 196 valence electrons. The molecular formula is C28H34FN5O3. The van der Waals surface area contributed by atoms with Crippen molar-refractivity contribution in [2.45, 2.75) is 58.5 Å². The van der Waals surface area contributed by atoms with Gasteiger partial charge < -0.3 is 10.2 Å². The molecule has 2 saturated heterocycles. The van der Waals surface area contributed by atoms with Crippen LogP contribution in [0.25, 0.3) is 0 Å². The van der Waals surface area contributed by atoms with E-state index in [4.69, 9.17) is 0 Å². The molecule has 2 N–H and O–H groups in total. The third-order valence-electron chi connectivity index (χ3n) is 7.59. The quantitative estimate of drug-likeness (QED) is 0.601. The molecule has 1 aliphatic carbocycles. The first kappa shape index (κ1) is 25.2. The molecule has 0 radical (unpaired) electrons. The maximum Gasteiger partial charge on any atom is 0.337 e. The minimum Gasteiger partial charge on any atom is -0.356 e. The fourth-order valence-corrected chi connectivity index (χ4v) is 5.66. The Bertz CT molecular complexity index is 1160. The fraction of sp³-hybridized carbons (Fsp3) is 0.464. The van der Waals surface area contributed by atoms with E-state index in [1.165, 1.54) is 11.1 Å². The summed E-state index contributed by atoms with van der Waals surface area (Å²) in [6.45, 7) is 5.05. The number of hydrazine groups is 1. The molecular weight excluding hydrogens is 473 g/mol. The Morgan fingerprint density at radius 1 is 1.05 bits per heavy atom. The van der Waals surface area contributed by atoms with Gasteiger partial charge in [0, 0.05) is 30.6 Å². The van der Waals surface area contributed by atoms with Gasteiger partial charge in [-0.05, 0) is 36.8 Å². The minimum atomic E-state index is -0.703. The van der Waals surface area contributed by atoms with Crippen LogP contribution < -0.4 is 10.7 Å². The Morgan fingerprint density at radius 2 is 1.78 bits per heavy atom. The number of rotatable bonds is 7. The van der Waals surface area contributed by atoms with Crippen molar-refractivity contribution in [3.8, 4) is 0 Å². The van der Waals surface area contributed by atoms with Gasteiger partial charge in [0.25, 0.3) is 0 Å². The molecule has 0 spiro atoms. The van der Waals surface area contributed by atoms with E-state index in [0.29, 0.717) is 43.8 Å². The number of nitrogens with one attached hydrogen (secondary N) is 2. The first-order valence-electron chi connectivity index (χ1n) is 13.0. The van der Waals surface area contributed by atoms with Crippen molar-refractivity contribution in [3.63, 3.8) is 0 Å². The smallest absolute Gasteiger partial charge is 0.337 e. The monoisotopic (exact) mass is 507 g/mol. The molecule has 5 rings (SSSR count). The number of carbonyl (C=O) groups is 3. The van der Waals surface area contributed by atoms with E-state index < -0.39 is 18.1 Å². The van der Waals surface area contributed by atoms with Crippen molar-refractivity contribution < 1.29 is 18.8 Å². The predicted molar refractivity (Wildman–Crippen MR) is 136 cm³/mol. The average Bonchev–Trinajstić information content (AvgIpc) is 3.22. The van der Waals surface area contributed by atoms with E-state index in [9.17, 15) is 18.8 Å². The lowest BCUT2D eigenvalue weighted by molar-refractivity contribution is -0.159. The molecule has 8 nitrogen and oxygen atoms in total. The molecule has 4 amide bonds. The molecule has 0 aromatic heterocycles. The summed E-state index contributed by atoms with van der Waals surface area (Å²) in [5.41, 5.74) is 4.52. The van der Waals surface area contributed by atoms with E-state index in [2.05, 4.69) is 10.7 Å². The van der Waals surface area contributed by atoms with Crippen molar-refractivity contribution in [1.29, 1.82) is 0 Å². The third kappa shape index (κ3) is 5.05. The summed E-state index contributed by atoms with van der Waals surface area (Å²) in [4.78, 5) is 43.8. The molecule has 4 unspecified atom stereocenters. The number of halogens is 1. The zero-order chi connectivity index (χ0) is 26.1. The number of carbonyl (C=O) groups excluding carboxylic acids is 3.